The van der Waals surface area contributed by atoms with E-state index in [-0.39, 0.29) is 6.04 Å². The molecule has 78 valence electrons. The summed E-state index contributed by atoms with van der Waals surface area (Å²) in [6.45, 7) is 4.25. The smallest absolute Gasteiger partial charge is 0.0621 e. The highest BCUT2D eigenvalue weighted by atomic mass is 16.5. The van der Waals surface area contributed by atoms with Gasteiger partial charge in [-0.2, -0.15) is 0 Å². The zero-order valence-electron chi connectivity index (χ0n) is 8.53. The highest BCUT2D eigenvalue weighted by Crippen LogP contribution is 2.12. The molecule has 0 aromatic heterocycles. The van der Waals surface area contributed by atoms with Gasteiger partial charge in [-0.15, -0.1) is 0 Å². The maximum absolute atomic E-state index is 5.87. The molecule has 2 atom stereocenters. The molecule has 0 aromatic carbocycles. The minimum atomic E-state index is 0.213. The minimum absolute atomic E-state index is 0.213. The van der Waals surface area contributed by atoms with Gasteiger partial charge in [0.25, 0.3) is 0 Å². The number of hydrogen-bond donors (Lipinski definition) is 1. The Morgan fingerprint density at radius 1 is 1.54 bits per heavy atom. The summed E-state index contributed by atoms with van der Waals surface area (Å²) in [7, 11) is 3.81. The molecule has 4 heteroatoms. The Kier molecular flexibility index (Phi) is 4.66. The van der Waals surface area contributed by atoms with E-state index in [1.807, 2.05) is 0 Å². The van der Waals surface area contributed by atoms with Gasteiger partial charge in [0, 0.05) is 32.2 Å². The van der Waals surface area contributed by atoms with Gasteiger partial charge in [0.05, 0.1) is 19.8 Å². The van der Waals surface area contributed by atoms with Gasteiger partial charge in [0.15, 0.2) is 0 Å². The molecule has 0 amide bonds. The third kappa shape index (κ3) is 3.60. The number of hydrogen-bond acceptors (Lipinski definition) is 4. The van der Waals surface area contributed by atoms with Gasteiger partial charge in [-0.05, 0) is 7.05 Å². The van der Waals surface area contributed by atoms with Crippen molar-refractivity contribution in [2.24, 2.45) is 11.7 Å². The van der Waals surface area contributed by atoms with Gasteiger partial charge in [-0.25, -0.2) is 0 Å². The molecular weight excluding hydrogens is 168 g/mol. The van der Waals surface area contributed by atoms with E-state index in [0.717, 1.165) is 26.3 Å². The average molecular weight is 188 g/mol. The van der Waals surface area contributed by atoms with Crippen LogP contribution < -0.4 is 5.73 Å². The van der Waals surface area contributed by atoms with Crippen LogP contribution in [0.2, 0.25) is 0 Å². The number of ether oxygens (including phenoxy) is 2. The summed E-state index contributed by atoms with van der Waals surface area (Å²) in [5.41, 5.74) is 5.87. The van der Waals surface area contributed by atoms with Crippen LogP contribution in [-0.4, -0.2) is 58.0 Å². The molecule has 0 saturated carbocycles. The summed E-state index contributed by atoms with van der Waals surface area (Å²) >= 11 is 0. The Morgan fingerprint density at radius 2 is 2.31 bits per heavy atom. The van der Waals surface area contributed by atoms with E-state index in [1.54, 1.807) is 7.11 Å². The van der Waals surface area contributed by atoms with Crippen LogP contribution >= 0.6 is 0 Å². The summed E-state index contributed by atoms with van der Waals surface area (Å²) in [5, 5.41) is 0. The van der Waals surface area contributed by atoms with E-state index in [4.69, 9.17) is 15.2 Å². The SMILES string of the molecule is COCCN(C)CC1COCC1N. The lowest BCUT2D eigenvalue weighted by Crippen LogP contribution is -2.37. The van der Waals surface area contributed by atoms with Crippen LogP contribution in [-0.2, 0) is 9.47 Å². The molecule has 4 nitrogen and oxygen atoms in total. The fourth-order valence-electron chi connectivity index (χ4n) is 1.54. The Balaban J connectivity index is 2.15. The molecule has 0 aromatic rings. The summed E-state index contributed by atoms with van der Waals surface area (Å²) in [6.07, 6.45) is 0. The summed E-state index contributed by atoms with van der Waals surface area (Å²) < 4.78 is 10.3. The van der Waals surface area contributed by atoms with Gasteiger partial charge in [0.1, 0.15) is 0 Å². The predicted molar refractivity (Wildman–Crippen MR) is 51.7 cm³/mol. The number of likely N-dealkylation sites (N-methyl/N-ethyl adjacent to an activating group) is 1. The summed E-state index contributed by atoms with van der Waals surface area (Å²) in [6, 6.07) is 0.213. The standard InChI is InChI=1S/C9H20N2O2/c1-11(3-4-12-2)5-8-6-13-7-9(8)10/h8-9H,3-7,10H2,1-2H3. The molecule has 1 aliphatic rings. The van der Waals surface area contributed by atoms with E-state index in [9.17, 15) is 0 Å². The highest BCUT2D eigenvalue weighted by Gasteiger charge is 2.25. The van der Waals surface area contributed by atoms with Crippen molar-refractivity contribution < 1.29 is 9.47 Å². The van der Waals surface area contributed by atoms with E-state index in [0.29, 0.717) is 12.5 Å². The van der Waals surface area contributed by atoms with Gasteiger partial charge in [-0.3, -0.25) is 0 Å². The van der Waals surface area contributed by atoms with Crippen LogP contribution in [0, 0.1) is 5.92 Å². The molecule has 0 spiro atoms. The van der Waals surface area contributed by atoms with Crippen molar-refractivity contribution in [2.75, 3.05) is 47.1 Å². The Morgan fingerprint density at radius 3 is 2.85 bits per heavy atom. The van der Waals surface area contributed by atoms with Crippen molar-refractivity contribution >= 4 is 0 Å². The van der Waals surface area contributed by atoms with E-state index in [2.05, 4.69) is 11.9 Å². The molecule has 1 heterocycles. The Bertz CT molecular complexity index is 144. The average Bonchev–Trinajstić information content (AvgIpc) is 2.48. The van der Waals surface area contributed by atoms with E-state index in [1.165, 1.54) is 0 Å². The second-order valence-corrected chi connectivity index (χ2v) is 3.72. The second kappa shape index (κ2) is 5.54. The molecule has 0 bridgehead atoms. The second-order valence-electron chi connectivity index (χ2n) is 3.72. The van der Waals surface area contributed by atoms with Gasteiger partial charge < -0.3 is 20.1 Å². The zero-order valence-corrected chi connectivity index (χ0v) is 8.53. The number of nitrogens with zero attached hydrogens (tertiary/aromatic N) is 1. The van der Waals surface area contributed by atoms with Crippen LogP contribution in [0.15, 0.2) is 0 Å². The summed E-state index contributed by atoms with van der Waals surface area (Å²) in [4.78, 5) is 2.24. The fourth-order valence-corrected chi connectivity index (χ4v) is 1.54. The third-order valence-corrected chi connectivity index (χ3v) is 2.47. The molecule has 0 aliphatic carbocycles. The number of nitrogens with two attached hydrogens (primary N) is 1. The first-order chi connectivity index (χ1) is 6.24. The molecule has 1 rings (SSSR count). The lowest BCUT2D eigenvalue weighted by molar-refractivity contribution is 0.142. The first-order valence-corrected chi connectivity index (χ1v) is 4.75. The molecular formula is C9H20N2O2. The van der Waals surface area contributed by atoms with E-state index < -0.39 is 0 Å². The van der Waals surface area contributed by atoms with Crippen LogP contribution in [0.1, 0.15) is 0 Å². The molecule has 13 heavy (non-hydrogen) atoms. The molecule has 1 aliphatic heterocycles. The van der Waals surface area contributed by atoms with E-state index >= 15 is 0 Å². The van der Waals surface area contributed by atoms with Crippen LogP contribution in [0.3, 0.4) is 0 Å². The maximum atomic E-state index is 5.87. The van der Waals surface area contributed by atoms with Gasteiger partial charge in [-0.1, -0.05) is 0 Å². The first-order valence-electron chi connectivity index (χ1n) is 4.75. The molecule has 2 unspecified atom stereocenters. The third-order valence-electron chi connectivity index (χ3n) is 2.47. The number of rotatable bonds is 5. The molecule has 0 radical (unpaired) electrons. The molecule has 1 fully saturated rings. The Labute approximate surface area is 80.0 Å². The zero-order chi connectivity index (χ0) is 9.68. The first kappa shape index (κ1) is 10.9. The van der Waals surface area contributed by atoms with Crippen molar-refractivity contribution in [3.05, 3.63) is 0 Å². The quantitative estimate of drug-likeness (QED) is 0.634. The largest absolute Gasteiger partial charge is 0.383 e. The monoisotopic (exact) mass is 188 g/mol. The number of methoxy groups -OCH3 is 1. The highest BCUT2D eigenvalue weighted by molar-refractivity contribution is 4.79. The van der Waals surface area contributed by atoms with Gasteiger partial charge in [0.2, 0.25) is 0 Å². The van der Waals surface area contributed by atoms with Crippen LogP contribution in [0.25, 0.3) is 0 Å². The van der Waals surface area contributed by atoms with Crippen molar-refractivity contribution in [2.45, 2.75) is 6.04 Å². The predicted octanol–water partition coefficient (Wildman–Crippen LogP) is -0.462. The van der Waals surface area contributed by atoms with Crippen LogP contribution in [0.5, 0.6) is 0 Å². The maximum Gasteiger partial charge on any atom is 0.0621 e. The van der Waals surface area contributed by atoms with Crippen LogP contribution in [0.4, 0.5) is 0 Å². The normalized spacial score (nSPS) is 28.6. The molecule has 1 saturated heterocycles. The Hall–Kier alpha value is -0.160. The van der Waals surface area contributed by atoms with Crippen molar-refractivity contribution in [3.8, 4) is 0 Å². The lowest BCUT2D eigenvalue weighted by atomic mass is 10.0. The van der Waals surface area contributed by atoms with Crippen molar-refractivity contribution in [3.63, 3.8) is 0 Å². The summed E-state index contributed by atoms with van der Waals surface area (Å²) in [5.74, 6) is 0.488. The minimum Gasteiger partial charge on any atom is -0.383 e. The van der Waals surface area contributed by atoms with Gasteiger partial charge >= 0.3 is 0 Å². The lowest BCUT2D eigenvalue weighted by Gasteiger charge is -2.21. The fraction of sp³-hybridized carbons (Fsp3) is 1.00. The topological polar surface area (TPSA) is 47.7 Å². The van der Waals surface area contributed by atoms with Crippen molar-refractivity contribution in [1.82, 2.24) is 4.90 Å². The van der Waals surface area contributed by atoms with Crippen molar-refractivity contribution in [1.29, 1.82) is 0 Å². The molecule has 2 N–H and O–H groups in total.